The molecule has 0 aliphatic heterocycles. The molecular formula is C21H53N7. The lowest BCUT2D eigenvalue weighted by Gasteiger charge is -2.11. The molecule has 0 fully saturated rings. The van der Waals surface area contributed by atoms with Gasteiger partial charge in [0.25, 0.3) is 0 Å². The maximum absolute atomic E-state index is 5.40. The molecule has 0 aliphatic carbocycles. The molecular weight excluding hydrogens is 350 g/mol. The van der Waals surface area contributed by atoms with E-state index in [1.807, 2.05) is 14.1 Å². The van der Waals surface area contributed by atoms with Crippen LogP contribution in [0, 0.1) is 5.92 Å². The molecule has 2 atom stereocenters. The van der Waals surface area contributed by atoms with Crippen molar-refractivity contribution in [3.05, 3.63) is 0 Å². The van der Waals surface area contributed by atoms with E-state index in [0.29, 0.717) is 12.0 Å². The van der Waals surface area contributed by atoms with Gasteiger partial charge in [0.1, 0.15) is 0 Å². The molecule has 0 heterocycles. The third-order valence-electron chi connectivity index (χ3n) is 4.61. The number of hydrogen-bond acceptors (Lipinski definition) is 7. The molecule has 0 radical (unpaired) electrons. The highest BCUT2D eigenvalue weighted by Gasteiger charge is 1.98. The van der Waals surface area contributed by atoms with E-state index in [4.69, 9.17) is 11.5 Å². The van der Waals surface area contributed by atoms with Crippen molar-refractivity contribution >= 4 is 0 Å². The predicted octanol–water partition coefficient (Wildman–Crippen LogP) is 0.463. The molecule has 0 aliphatic rings. The summed E-state index contributed by atoms with van der Waals surface area (Å²) in [6.07, 6.45) is 7.12. The van der Waals surface area contributed by atoms with E-state index in [2.05, 4.69) is 40.4 Å². The summed E-state index contributed by atoms with van der Waals surface area (Å²) in [6.45, 7) is 13.8. The minimum absolute atomic E-state index is 0.616. The Morgan fingerprint density at radius 3 is 1.75 bits per heavy atom. The van der Waals surface area contributed by atoms with E-state index < -0.39 is 0 Å². The zero-order chi connectivity index (χ0) is 21.3. The molecule has 0 aromatic heterocycles. The Morgan fingerprint density at radius 1 is 0.643 bits per heavy atom. The van der Waals surface area contributed by atoms with Crippen molar-refractivity contribution in [2.75, 3.05) is 73.0 Å². The van der Waals surface area contributed by atoms with Crippen molar-refractivity contribution in [2.45, 2.75) is 58.4 Å². The molecule has 28 heavy (non-hydrogen) atoms. The van der Waals surface area contributed by atoms with E-state index in [1.54, 1.807) is 0 Å². The summed E-state index contributed by atoms with van der Waals surface area (Å²) in [5.74, 6) is 0.716. The summed E-state index contributed by atoms with van der Waals surface area (Å²) in [6, 6.07) is 0.616. The van der Waals surface area contributed by atoms with Crippen molar-refractivity contribution < 1.29 is 0 Å². The van der Waals surface area contributed by atoms with Crippen LogP contribution in [0.25, 0.3) is 0 Å². The lowest BCUT2D eigenvalue weighted by atomic mass is 10.2. The van der Waals surface area contributed by atoms with Gasteiger partial charge in [0.05, 0.1) is 0 Å². The van der Waals surface area contributed by atoms with Gasteiger partial charge in [-0.05, 0) is 124 Å². The Labute approximate surface area is 175 Å². The average Bonchev–Trinajstić information content (AvgIpc) is 2.69. The Bertz CT molecular complexity index is 267. The Hall–Kier alpha value is -0.280. The molecule has 0 saturated carbocycles. The molecule has 0 rings (SSSR count). The highest BCUT2D eigenvalue weighted by Crippen LogP contribution is 1.90. The number of rotatable bonds is 20. The summed E-state index contributed by atoms with van der Waals surface area (Å²) in [4.78, 5) is 0. The maximum atomic E-state index is 5.40. The molecule has 7 heteroatoms. The van der Waals surface area contributed by atoms with Gasteiger partial charge in [0, 0.05) is 6.04 Å². The normalized spacial score (nSPS) is 13.1. The van der Waals surface area contributed by atoms with Gasteiger partial charge in [0.2, 0.25) is 0 Å². The Balaban J connectivity index is 0. The fourth-order valence-electron chi connectivity index (χ4n) is 2.60. The monoisotopic (exact) mass is 403 g/mol. The fraction of sp³-hybridized carbons (Fsp3) is 1.00. The van der Waals surface area contributed by atoms with E-state index in [-0.39, 0.29) is 0 Å². The number of nitrogens with two attached hydrogens (primary N) is 2. The second-order valence-electron chi connectivity index (χ2n) is 7.69. The van der Waals surface area contributed by atoms with E-state index in [0.717, 1.165) is 71.7 Å². The van der Waals surface area contributed by atoms with Gasteiger partial charge in [-0.25, -0.2) is 0 Å². The second-order valence-corrected chi connectivity index (χ2v) is 7.69. The summed E-state index contributed by atoms with van der Waals surface area (Å²) < 4.78 is 0. The minimum atomic E-state index is 0.616. The zero-order valence-electron chi connectivity index (χ0n) is 19.4. The fourth-order valence-corrected chi connectivity index (χ4v) is 2.60. The highest BCUT2D eigenvalue weighted by molar-refractivity contribution is 4.60. The van der Waals surface area contributed by atoms with Gasteiger partial charge in [0.15, 0.2) is 0 Å². The number of nitrogens with one attached hydrogen (secondary N) is 5. The SMILES string of the molecule is CNC(C)CCNCCCCNCCCN.CNCC(C)CNCCCCN. The first-order chi connectivity index (χ1) is 13.6. The van der Waals surface area contributed by atoms with Crippen LogP contribution >= 0.6 is 0 Å². The lowest BCUT2D eigenvalue weighted by Crippen LogP contribution is -2.28. The molecule has 0 bridgehead atoms. The first kappa shape index (κ1) is 29.9. The van der Waals surface area contributed by atoms with Gasteiger partial charge in [-0.3, -0.25) is 0 Å². The van der Waals surface area contributed by atoms with Gasteiger partial charge in [-0.2, -0.15) is 0 Å². The predicted molar refractivity (Wildman–Crippen MR) is 126 cm³/mol. The summed E-state index contributed by atoms with van der Waals surface area (Å²) in [7, 11) is 4.00. The molecule has 0 saturated heterocycles. The van der Waals surface area contributed by atoms with Crippen LogP contribution in [0.5, 0.6) is 0 Å². The highest BCUT2D eigenvalue weighted by atomic mass is 14.9. The van der Waals surface area contributed by atoms with Crippen molar-refractivity contribution in [2.24, 2.45) is 17.4 Å². The molecule has 172 valence electrons. The van der Waals surface area contributed by atoms with E-state index in [9.17, 15) is 0 Å². The Kier molecular flexibility index (Phi) is 28.5. The third kappa shape index (κ3) is 27.9. The van der Waals surface area contributed by atoms with Crippen molar-refractivity contribution in [3.63, 3.8) is 0 Å². The molecule has 2 unspecified atom stereocenters. The van der Waals surface area contributed by atoms with Crippen LogP contribution in [-0.4, -0.2) is 79.0 Å². The van der Waals surface area contributed by atoms with Gasteiger partial charge < -0.3 is 38.1 Å². The van der Waals surface area contributed by atoms with Crippen LogP contribution in [0.4, 0.5) is 0 Å². The summed E-state index contributed by atoms with van der Waals surface area (Å²) >= 11 is 0. The van der Waals surface area contributed by atoms with E-state index >= 15 is 0 Å². The smallest absolute Gasteiger partial charge is 0.00478 e. The van der Waals surface area contributed by atoms with Gasteiger partial charge in [-0.15, -0.1) is 0 Å². The molecule has 7 nitrogen and oxygen atoms in total. The van der Waals surface area contributed by atoms with Crippen LogP contribution < -0.4 is 38.1 Å². The second kappa shape index (κ2) is 26.7. The molecule has 0 amide bonds. The average molecular weight is 404 g/mol. The van der Waals surface area contributed by atoms with Crippen molar-refractivity contribution in [1.82, 2.24) is 26.6 Å². The minimum Gasteiger partial charge on any atom is -0.330 e. The van der Waals surface area contributed by atoms with Crippen LogP contribution in [0.2, 0.25) is 0 Å². The summed E-state index contributed by atoms with van der Waals surface area (Å²) in [5.41, 5.74) is 10.8. The third-order valence-corrected chi connectivity index (χ3v) is 4.61. The number of unbranched alkanes of at least 4 members (excludes halogenated alkanes) is 2. The summed E-state index contributed by atoms with van der Waals surface area (Å²) in [5, 5.41) is 16.7. The van der Waals surface area contributed by atoms with Crippen molar-refractivity contribution in [1.29, 1.82) is 0 Å². The van der Waals surface area contributed by atoms with Crippen LogP contribution in [0.1, 0.15) is 52.4 Å². The van der Waals surface area contributed by atoms with Crippen LogP contribution in [0.3, 0.4) is 0 Å². The van der Waals surface area contributed by atoms with Crippen molar-refractivity contribution in [3.8, 4) is 0 Å². The van der Waals surface area contributed by atoms with E-state index in [1.165, 1.54) is 25.7 Å². The molecule has 0 aromatic carbocycles. The van der Waals surface area contributed by atoms with Gasteiger partial charge in [-0.1, -0.05) is 6.92 Å². The molecule has 0 spiro atoms. The quantitative estimate of drug-likeness (QED) is 0.148. The standard InChI is InChI=1S/C12H30N4.C9H23N3/c1-12(14-2)6-11-16-9-4-3-8-15-10-5-7-13;1-9(7-11-2)8-12-6-4-3-5-10/h12,14-16H,3-11,13H2,1-2H3;9,11-12H,3-8,10H2,1-2H3. The topological polar surface area (TPSA) is 112 Å². The lowest BCUT2D eigenvalue weighted by molar-refractivity contribution is 0.485. The zero-order valence-corrected chi connectivity index (χ0v) is 19.4. The largest absolute Gasteiger partial charge is 0.330 e. The number of hydrogen-bond donors (Lipinski definition) is 7. The van der Waals surface area contributed by atoms with Gasteiger partial charge >= 0.3 is 0 Å². The van der Waals surface area contributed by atoms with Crippen LogP contribution in [0.15, 0.2) is 0 Å². The Morgan fingerprint density at radius 2 is 1.18 bits per heavy atom. The first-order valence-electron chi connectivity index (χ1n) is 11.5. The maximum Gasteiger partial charge on any atom is 0.00478 e. The molecule has 0 aromatic rings. The first-order valence-corrected chi connectivity index (χ1v) is 11.5. The van der Waals surface area contributed by atoms with Crippen LogP contribution in [-0.2, 0) is 0 Å². The molecule has 9 N–H and O–H groups in total.